The number of aliphatic imine (C=N–C) groups is 1. The lowest BCUT2D eigenvalue weighted by atomic mass is 9.72. The van der Waals surface area contributed by atoms with Crippen molar-refractivity contribution >= 4 is 33.4 Å². The second-order valence-electron chi connectivity index (χ2n) is 7.73. The van der Waals surface area contributed by atoms with Crippen molar-refractivity contribution in [2.24, 2.45) is 10.9 Å². The third kappa shape index (κ3) is 4.79. The number of rotatable bonds is 6. The number of ketones is 1. The lowest BCUT2D eigenvalue weighted by molar-refractivity contribution is -0.147. The normalized spacial score (nSPS) is 20.7. The maximum atomic E-state index is 13.1. The van der Waals surface area contributed by atoms with Crippen LogP contribution in [-0.4, -0.2) is 30.7 Å². The molecule has 1 heterocycles. The monoisotopic (exact) mass is 481 g/mol. The third-order valence-corrected chi connectivity index (χ3v) is 6.19. The molecule has 31 heavy (non-hydrogen) atoms. The van der Waals surface area contributed by atoms with Crippen LogP contribution in [0.5, 0.6) is 5.75 Å². The minimum atomic E-state index is -0.626. The number of halogens is 1. The maximum absolute atomic E-state index is 13.1. The summed E-state index contributed by atoms with van der Waals surface area (Å²) in [6.45, 7) is 2.24. The summed E-state index contributed by atoms with van der Waals surface area (Å²) in [5.41, 5.74) is 3.10. The number of allylic oxidation sites excluding steroid dienone is 2. The van der Waals surface area contributed by atoms with Gasteiger partial charge in [0.1, 0.15) is 24.9 Å². The minimum Gasteiger partial charge on any atom is -0.490 e. The van der Waals surface area contributed by atoms with Gasteiger partial charge in [-0.15, -0.1) is 0 Å². The first kappa shape index (κ1) is 21.5. The first-order chi connectivity index (χ1) is 15.0. The Bertz CT molecular complexity index is 1030. The summed E-state index contributed by atoms with van der Waals surface area (Å²) in [5.74, 6) is -0.578. The number of hydrogen-bond acceptors (Lipinski definition) is 5. The highest BCUT2D eigenvalue weighted by molar-refractivity contribution is 9.10. The van der Waals surface area contributed by atoms with Gasteiger partial charge in [0.25, 0.3) is 0 Å². The number of Topliss-reactive ketones (excluding diaryl/α,β-unsaturated/α-hetero) is 1. The number of nitrogens with zero attached hydrogens (tertiary/aromatic N) is 1. The molecular formula is C25H24BrNO4. The maximum Gasteiger partial charge on any atom is 0.315 e. The van der Waals surface area contributed by atoms with Gasteiger partial charge >= 0.3 is 5.97 Å². The van der Waals surface area contributed by atoms with Crippen molar-refractivity contribution in [3.63, 3.8) is 0 Å². The molecule has 0 saturated heterocycles. The van der Waals surface area contributed by atoms with Crippen LogP contribution in [0.1, 0.15) is 37.7 Å². The van der Waals surface area contributed by atoms with Crippen LogP contribution >= 0.6 is 15.9 Å². The molecule has 160 valence electrons. The van der Waals surface area contributed by atoms with Gasteiger partial charge in [-0.2, -0.15) is 0 Å². The van der Waals surface area contributed by atoms with Crippen LogP contribution in [0, 0.1) is 5.92 Å². The van der Waals surface area contributed by atoms with Gasteiger partial charge in [-0.25, -0.2) is 0 Å². The fourth-order valence-electron chi connectivity index (χ4n) is 4.25. The zero-order valence-electron chi connectivity index (χ0n) is 17.3. The average molecular weight is 482 g/mol. The van der Waals surface area contributed by atoms with Crippen molar-refractivity contribution in [1.82, 2.24) is 0 Å². The largest absolute Gasteiger partial charge is 0.490 e. The molecule has 0 spiro atoms. The number of benzene rings is 2. The standard InChI is InChI=1S/C25H24BrNO4/c1-16-22(25(29)31-15-14-30-19-6-3-2-4-7-19)23(17-10-12-18(26)13-11-17)24-20(27-16)8-5-9-21(24)28/h2-4,6-7,10-13,22-23H,5,8-9,14-15H2,1H3/t22?,23-/m1/s1. The molecule has 2 aromatic rings. The third-order valence-electron chi connectivity index (χ3n) is 5.66. The van der Waals surface area contributed by atoms with Gasteiger partial charge in [-0.05, 0) is 49.6 Å². The highest BCUT2D eigenvalue weighted by Gasteiger charge is 2.43. The van der Waals surface area contributed by atoms with Gasteiger partial charge in [-0.1, -0.05) is 46.3 Å². The lowest BCUT2D eigenvalue weighted by Crippen LogP contribution is -2.37. The molecule has 5 nitrogen and oxygen atoms in total. The average Bonchev–Trinajstić information content (AvgIpc) is 2.77. The number of ether oxygens (including phenoxy) is 2. The van der Waals surface area contributed by atoms with Crippen LogP contribution in [0.2, 0.25) is 0 Å². The lowest BCUT2D eigenvalue weighted by Gasteiger charge is -2.34. The quantitative estimate of drug-likeness (QED) is 0.417. The second-order valence-corrected chi connectivity index (χ2v) is 8.64. The predicted molar refractivity (Wildman–Crippen MR) is 122 cm³/mol. The summed E-state index contributed by atoms with van der Waals surface area (Å²) in [4.78, 5) is 30.7. The van der Waals surface area contributed by atoms with E-state index >= 15 is 0 Å². The molecular weight excluding hydrogens is 458 g/mol. The summed E-state index contributed by atoms with van der Waals surface area (Å²) in [6, 6.07) is 17.2. The van der Waals surface area contributed by atoms with E-state index < -0.39 is 5.92 Å². The van der Waals surface area contributed by atoms with Crippen molar-refractivity contribution in [2.75, 3.05) is 13.2 Å². The summed E-state index contributed by atoms with van der Waals surface area (Å²) >= 11 is 3.46. The topological polar surface area (TPSA) is 65.0 Å². The molecule has 1 aliphatic heterocycles. The molecule has 0 N–H and O–H groups in total. The first-order valence-corrected chi connectivity index (χ1v) is 11.3. The van der Waals surface area contributed by atoms with Gasteiger partial charge < -0.3 is 9.47 Å². The van der Waals surface area contributed by atoms with Crippen molar-refractivity contribution < 1.29 is 19.1 Å². The zero-order valence-corrected chi connectivity index (χ0v) is 18.9. The Morgan fingerprint density at radius 3 is 2.55 bits per heavy atom. The molecule has 0 amide bonds. The Kier molecular flexibility index (Phi) is 6.66. The Hall–Kier alpha value is -2.73. The predicted octanol–water partition coefficient (Wildman–Crippen LogP) is 5.25. The Morgan fingerprint density at radius 1 is 1.06 bits per heavy atom. The van der Waals surface area contributed by atoms with E-state index in [1.165, 1.54) is 0 Å². The number of para-hydroxylation sites is 1. The minimum absolute atomic E-state index is 0.0793. The molecule has 2 aromatic carbocycles. The molecule has 2 aliphatic rings. The van der Waals surface area contributed by atoms with E-state index in [4.69, 9.17) is 9.47 Å². The van der Waals surface area contributed by atoms with Crippen LogP contribution in [-0.2, 0) is 14.3 Å². The van der Waals surface area contributed by atoms with Gasteiger partial charge in [0.15, 0.2) is 5.78 Å². The fourth-order valence-corrected chi connectivity index (χ4v) is 4.51. The van der Waals surface area contributed by atoms with E-state index in [0.29, 0.717) is 17.7 Å². The molecule has 1 aliphatic carbocycles. The highest BCUT2D eigenvalue weighted by Crippen LogP contribution is 2.43. The summed E-state index contributed by atoms with van der Waals surface area (Å²) < 4.78 is 12.1. The van der Waals surface area contributed by atoms with E-state index in [-0.39, 0.29) is 30.9 Å². The van der Waals surface area contributed by atoms with Crippen LogP contribution in [0.15, 0.2) is 75.3 Å². The van der Waals surface area contributed by atoms with Gasteiger partial charge in [0, 0.05) is 33.8 Å². The molecule has 0 bridgehead atoms. The highest BCUT2D eigenvalue weighted by atomic mass is 79.9. The van der Waals surface area contributed by atoms with Gasteiger partial charge in [-0.3, -0.25) is 14.6 Å². The molecule has 2 atom stereocenters. The Labute approximate surface area is 190 Å². The van der Waals surface area contributed by atoms with Crippen molar-refractivity contribution in [3.05, 3.63) is 75.9 Å². The Balaban J connectivity index is 1.54. The van der Waals surface area contributed by atoms with E-state index in [9.17, 15) is 9.59 Å². The van der Waals surface area contributed by atoms with Crippen molar-refractivity contribution in [2.45, 2.75) is 32.1 Å². The number of hydrogen-bond donors (Lipinski definition) is 0. The molecule has 1 unspecified atom stereocenters. The van der Waals surface area contributed by atoms with E-state index in [1.807, 2.05) is 61.5 Å². The molecule has 6 heteroatoms. The van der Waals surface area contributed by atoms with Crippen LogP contribution in [0.3, 0.4) is 0 Å². The summed E-state index contributed by atoms with van der Waals surface area (Å²) in [6.07, 6.45) is 2.05. The smallest absolute Gasteiger partial charge is 0.315 e. The van der Waals surface area contributed by atoms with Gasteiger partial charge in [0.05, 0.1) is 0 Å². The molecule has 0 saturated carbocycles. The zero-order chi connectivity index (χ0) is 21.8. The van der Waals surface area contributed by atoms with Crippen LogP contribution in [0.25, 0.3) is 0 Å². The molecule has 0 radical (unpaired) electrons. The van der Waals surface area contributed by atoms with E-state index in [0.717, 1.165) is 34.3 Å². The summed E-state index contributed by atoms with van der Waals surface area (Å²) in [7, 11) is 0. The molecule has 4 rings (SSSR count). The van der Waals surface area contributed by atoms with Gasteiger partial charge in [0.2, 0.25) is 0 Å². The second kappa shape index (κ2) is 9.60. The summed E-state index contributed by atoms with van der Waals surface area (Å²) in [5, 5.41) is 0. The number of carbonyl (C=O) groups is 2. The molecule has 0 aromatic heterocycles. The number of carbonyl (C=O) groups excluding carboxylic acids is 2. The van der Waals surface area contributed by atoms with E-state index in [1.54, 1.807) is 0 Å². The van der Waals surface area contributed by atoms with Crippen molar-refractivity contribution in [1.29, 1.82) is 0 Å². The number of esters is 1. The van der Waals surface area contributed by atoms with Crippen molar-refractivity contribution in [3.8, 4) is 5.75 Å². The first-order valence-electron chi connectivity index (χ1n) is 10.5. The van der Waals surface area contributed by atoms with Crippen LogP contribution in [0.4, 0.5) is 0 Å². The Morgan fingerprint density at radius 2 is 1.81 bits per heavy atom. The fraction of sp³-hybridized carbons (Fsp3) is 0.320. The van der Waals surface area contributed by atoms with E-state index in [2.05, 4.69) is 20.9 Å². The van der Waals surface area contributed by atoms with Crippen LogP contribution < -0.4 is 4.74 Å². The molecule has 0 fully saturated rings. The SMILES string of the molecule is CC1=NC2=C(C(=O)CCC2)[C@H](c2ccc(Br)cc2)C1C(=O)OCCOc1ccccc1.